The van der Waals surface area contributed by atoms with Crippen LogP contribution < -0.4 is 0 Å². The van der Waals surface area contributed by atoms with E-state index in [1.165, 1.54) is 18.4 Å². The van der Waals surface area contributed by atoms with Crippen LogP contribution in [0.1, 0.15) is 21.7 Å². The third kappa shape index (κ3) is 2.19. The second kappa shape index (κ2) is 4.31. The van der Waals surface area contributed by atoms with Gasteiger partial charge in [-0.3, -0.25) is 4.79 Å². The van der Waals surface area contributed by atoms with Crippen LogP contribution in [0.2, 0.25) is 0 Å². The van der Waals surface area contributed by atoms with Crippen LogP contribution in [0.4, 0.5) is 4.39 Å². The van der Waals surface area contributed by atoms with E-state index < -0.39 is 5.82 Å². The highest BCUT2D eigenvalue weighted by Crippen LogP contribution is 2.14. The highest BCUT2D eigenvalue weighted by Gasteiger charge is 2.12. The largest absolute Gasteiger partial charge is 0.469 e. The molecule has 1 heterocycles. The van der Waals surface area contributed by atoms with E-state index in [0.717, 1.165) is 5.56 Å². The van der Waals surface area contributed by atoms with Crippen LogP contribution in [-0.4, -0.2) is 5.78 Å². The number of hydrogen-bond acceptors (Lipinski definition) is 2. The Hall–Kier alpha value is -1.90. The molecule has 3 heteroatoms. The van der Waals surface area contributed by atoms with Gasteiger partial charge in [0.05, 0.1) is 12.7 Å². The van der Waals surface area contributed by atoms with Gasteiger partial charge in [0.15, 0.2) is 5.78 Å². The van der Waals surface area contributed by atoms with Gasteiger partial charge in [-0.25, -0.2) is 4.39 Å². The van der Waals surface area contributed by atoms with Gasteiger partial charge in [-0.2, -0.15) is 0 Å². The molecule has 82 valence electrons. The van der Waals surface area contributed by atoms with Crippen molar-refractivity contribution in [2.45, 2.75) is 13.3 Å². The number of furan rings is 1. The van der Waals surface area contributed by atoms with E-state index in [0.29, 0.717) is 11.3 Å². The van der Waals surface area contributed by atoms with E-state index in [4.69, 9.17) is 4.42 Å². The minimum absolute atomic E-state index is 0.132. The number of Topliss-reactive ketones (excluding diaryl/α,β-unsaturated/α-hetero) is 1. The van der Waals surface area contributed by atoms with Crippen LogP contribution in [0.25, 0.3) is 0 Å². The van der Waals surface area contributed by atoms with Crippen LogP contribution in [0, 0.1) is 12.7 Å². The second-order valence-corrected chi connectivity index (χ2v) is 3.64. The summed E-state index contributed by atoms with van der Waals surface area (Å²) < 4.78 is 18.1. The Morgan fingerprint density at radius 3 is 2.88 bits per heavy atom. The molecule has 0 atom stereocenters. The first kappa shape index (κ1) is 10.6. The molecular weight excluding hydrogens is 207 g/mol. The fraction of sp³-hybridized carbons (Fsp3) is 0.154. The Morgan fingerprint density at radius 2 is 2.19 bits per heavy atom. The number of carbonyl (C=O) groups is 1. The summed E-state index contributed by atoms with van der Waals surface area (Å²) in [6.45, 7) is 1.79. The first-order valence-corrected chi connectivity index (χ1v) is 4.98. The summed E-state index contributed by atoms with van der Waals surface area (Å²) in [6.07, 6.45) is 1.68. The molecule has 16 heavy (non-hydrogen) atoms. The van der Waals surface area contributed by atoms with Crippen LogP contribution in [0.3, 0.4) is 0 Å². The van der Waals surface area contributed by atoms with Gasteiger partial charge >= 0.3 is 0 Å². The number of hydrogen-bond donors (Lipinski definition) is 0. The lowest BCUT2D eigenvalue weighted by Gasteiger charge is -2.03. The number of ketones is 1. The molecule has 0 bridgehead atoms. The van der Waals surface area contributed by atoms with E-state index in [2.05, 4.69) is 0 Å². The SMILES string of the molecule is Cc1ccc(F)cc1C(=O)Cc1ccco1. The van der Waals surface area contributed by atoms with Crippen molar-refractivity contribution >= 4 is 5.78 Å². The van der Waals surface area contributed by atoms with E-state index in [1.807, 2.05) is 0 Å². The average Bonchev–Trinajstić information content (AvgIpc) is 2.74. The van der Waals surface area contributed by atoms with Gasteiger partial charge < -0.3 is 4.42 Å². The summed E-state index contributed by atoms with van der Waals surface area (Å²) >= 11 is 0. The third-order valence-corrected chi connectivity index (χ3v) is 2.41. The van der Waals surface area contributed by atoms with Crippen molar-refractivity contribution < 1.29 is 13.6 Å². The van der Waals surface area contributed by atoms with Crippen molar-refractivity contribution in [2.75, 3.05) is 0 Å². The molecule has 0 radical (unpaired) electrons. The van der Waals surface area contributed by atoms with Gasteiger partial charge in [0.2, 0.25) is 0 Å². The summed E-state index contributed by atoms with van der Waals surface area (Å²) in [5.41, 5.74) is 1.19. The monoisotopic (exact) mass is 218 g/mol. The Bertz CT molecular complexity index is 501. The van der Waals surface area contributed by atoms with Gasteiger partial charge in [0.1, 0.15) is 11.6 Å². The highest BCUT2D eigenvalue weighted by atomic mass is 19.1. The lowest BCUT2D eigenvalue weighted by atomic mass is 10.0. The zero-order chi connectivity index (χ0) is 11.5. The first-order valence-electron chi connectivity index (χ1n) is 4.98. The molecule has 2 rings (SSSR count). The van der Waals surface area contributed by atoms with E-state index in [-0.39, 0.29) is 12.2 Å². The van der Waals surface area contributed by atoms with Crippen LogP contribution in [-0.2, 0) is 6.42 Å². The smallest absolute Gasteiger partial charge is 0.170 e. The fourth-order valence-electron chi connectivity index (χ4n) is 1.56. The third-order valence-electron chi connectivity index (χ3n) is 2.41. The van der Waals surface area contributed by atoms with Crippen molar-refractivity contribution in [1.29, 1.82) is 0 Å². The summed E-state index contributed by atoms with van der Waals surface area (Å²) in [4.78, 5) is 11.9. The van der Waals surface area contributed by atoms with Crippen molar-refractivity contribution in [3.05, 3.63) is 59.3 Å². The molecule has 0 spiro atoms. The predicted octanol–water partition coefficient (Wildman–Crippen LogP) is 3.15. The zero-order valence-electron chi connectivity index (χ0n) is 8.87. The van der Waals surface area contributed by atoms with Gasteiger partial charge in [0.25, 0.3) is 0 Å². The molecule has 0 amide bonds. The molecule has 1 aromatic carbocycles. The average molecular weight is 218 g/mol. The maximum absolute atomic E-state index is 13.0. The van der Waals surface area contributed by atoms with Gasteiger partial charge in [-0.1, -0.05) is 6.07 Å². The topological polar surface area (TPSA) is 30.2 Å². The van der Waals surface area contributed by atoms with Crippen molar-refractivity contribution in [1.82, 2.24) is 0 Å². The molecule has 0 aliphatic rings. The van der Waals surface area contributed by atoms with Gasteiger partial charge in [-0.05, 0) is 36.8 Å². The summed E-state index contributed by atoms with van der Waals surface area (Å²) in [5, 5.41) is 0. The molecule has 0 aliphatic heterocycles. The molecule has 0 aliphatic carbocycles. The quantitative estimate of drug-likeness (QED) is 0.741. The minimum Gasteiger partial charge on any atom is -0.469 e. The van der Waals surface area contributed by atoms with E-state index in [1.54, 1.807) is 25.1 Å². The number of aryl methyl sites for hydroxylation is 1. The van der Waals surface area contributed by atoms with Crippen LogP contribution in [0.15, 0.2) is 41.0 Å². The molecule has 2 aromatic rings. The number of halogens is 1. The lowest BCUT2D eigenvalue weighted by Crippen LogP contribution is -2.05. The van der Waals surface area contributed by atoms with Crippen LogP contribution in [0.5, 0.6) is 0 Å². The van der Waals surface area contributed by atoms with Gasteiger partial charge in [-0.15, -0.1) is 0 Å². The van der Waals surface area contributed by atoms with Crippen molar-refractivity contribution in [3.8, 4) is 0 Å². The number of benzene rings is 1. The Kier molecular flexibility index (Phi) is 2.86. The second-order valence-electron chi connectivity index (χ2n) is 3.64. The highest BCUT2D eigenvalue weighted by molar-refractivity contribution is 5.98. The summed E-state index contributed by atoms with van der Waals surface area (Å²) in [5.74, 6) is 0.0639. The van der Waals surface area contributed by atoms with Crippen molar-refractivity contribution in [3.63, 3.8) is 0 Å². The first-order chi connectivity index (χ1) is 7.66. The lowest BCUT2D eigenvalue weighted by molar-refractivity contribution is 0.0986. The molecule has 0 fully saturated rings. The molecule has 0 unspecified atom stereocenters. The molecule has 1 aromatic heterocycles. The van der Waals surface area contributed by atoms with E-state index >= 15 is 0 Å². The number of rotatable bonds is 3. The molecule has 0 saturated heterocycles. The standard InChI is InChI=1S/C13H11FO2/c1-9-4-5-10(14)7-12(9)13(15)8-11-3-2-6-16-11/h2-7H,8H2,1H3. The Labute approximate surface area is 92.7 Å². The summed E-state index contributed by atoms with van der Waals surface area (Å²) in [6, 6.07) is 7.66. The normalized spacial score (nSPS) is 10.4. The molecule has 0 saturated carbocycles. The van der Waals surface area contributed by atoms with Gasteiger partial charge in [0, 0.05) is 5.56 Å². The maximum atomic E-state index is 13.0. The maximum Gasteiger partial charge on any atom is 0.170 e. The summed E-state index contributed by atoms with van der Waals surface area (Å²) in [7, 11) is 0. The molecule has 0 N–H and O–H groups in total. The minimum atomic E-state index is -0.395. The fourth-order valence-corrected chi connectivity index (χ4v) is 1.56. The Morgan fingerprint density at radius 1 is 1.38 bits per heavy atom. The van der Waals surface area contributed by atoms with Crippen LogP contribution >= 0.6 is 0 Å². The van der Waals surface area contributed by atoms with E-state index in [9.17, 15) is 9.18 Å². The Balaban J connectivity index is 2.24. The van der Waals surface area contributed by atoms with Crippen molar-refractivity contribution in [2.24, 2.45) is 0 Å². The predicted molar refractivity (Wildman–Crippen MR) is 57.9 cm³/mol. The number of carbonyl (C=O) groups excluding carboxylic acids is 1. The zero-order valence-corrected chi connectivity index (χ0v) is 8.87. The molecule has 2 nitrogen and oxygen atoms in total. The molecular formula is C13H11FO2.